The van der Waals surface area contributed by atoms with E-state index in [1.54, 1.807) is 0 Å². The SMILES string of the molecule is Ic1ccc2nnn(C3CCCOC3)c2c1. The number of fused-ring (bicyclic) bond motifs is 1. The van der Waals surface area contributed by atoms with Crippen molar-refractivity contribution in [2.45, 2.75) is 18.9 Å². The molecule has 2 aromatic rings. The van der Waals surface area contributed by atoms with Crippen molar-refractivity contribution in [3.63, 3.8) is 0 Å². The van der Waals surface area contributed by atoms with Crippen molar-refractivity contribution in [2.75, 3.05) is 13.2 Å². The molecule has 0 amide bonds. The summed E-state index contributed by atoms with van der Waals surface area (Å²) in [7, 11) is 0. The van der Waals surface area contributed by atoms with Crippen LogP contribution in [0.3, 0.4) is 0 Å². The lowest BCUT2D eigenvalue weighted by Gasteiger charge is -2.22. The fraction of sp³-hybridized carbons (Fsp3) is 0.455. The van der Waals surface area contributed by atoms with Gasteiger partial charge in [-0.25, -0.2) is 4.68 Å². The smallest absolute Gasteiger partial charge is 0.113 e. The number of nitrogens with zero attached hydrogens (tertiary/aromatic N) is 3. The van der Waals surface area contributed by atoms with Crippen LogP contribution in [-0.2, 0) is 4.74 Å². The van der Waals surface area contributed by atoms with Gasteiger partial charge in [-0.2, -0.15) is 0 Å². The minimum atomic E-state index is 0.344. The number of rotatable bonds is 1. The Morgan fingerprint density at radius 2 is 2.38 bits per heavy atom. The van der Waals surface area contributed by atoms with Crippen LogP contribution in [0.5, 0.6) is 0 Å². The molecule has 1 aromatic heterocycles. The van der Waals surface area contributed by atoms with Crippen LogP contribution < -0.4 is 0 Å². The summed E-state index contributed by atoms with van der Waals surface area (Å²) >= 11 is 2.31. The molecule has 0 spiro atoms. The number of benzene rings is 1. The molecule has 0 radical (unpaired) electrons. The Bertz CT molecular complexity index is 505. The minimum Gasteiger partial charge on any atom is -0.379 e. The molecule has 1 aromatic carbocycles. The van der Waals surface area contributed by atoms with E-state index >= 15 is 0 Å². The molecular formula is C11H12IN3O. The van der Waals surface area contributed by atoms with Crippen molar-refractivity contribution in [1.29, 1.82) is 0 Å². The quantitative estimate of drug-likeness (QED) is 0.755. The molecule has 1 fully saturated rings. The topological polar surface area (TPSA) is 39.9 Å². The summed E-state index contributed by atoms with van der Waals surface area (Å²) in [6, 6.07) is 6.55. The average Bonchev–Trinajstić information content (AvgIpc) is 2.73. The van der Waals surface area contributed by atoms with E-state index in [2.05, 4.69) is 45.0 Å². The van der Waals surface area contributed by atoms with Gasteiger partial charge in [0.1, 0.15) is 5.52 Å². The first-order chi connectivity index (χ1) is 7.84. The highest BCUT2D eigenvalue weighted by Gasteiger charge is 2.19. The molecule has 1 saturated heterocycles. The second kappa shape index (κ2) is 4.29. The maximum Gasteiger partial charge on any atom is 0.113 e. The molecule has 16 heavy (non-hydrogen) atoms. The van der Waals surface area contributed by atoms with Crippen molar-refractivity contribution in [3.8, 4) is 0 Å². The summed E-state index contributed by atoms with van der Waals surface area (Å²) in [5, 5.41) is 8.43. The third-order valence-corrected chi connectivity index (χ3v) is 3.59. The fourth-order valence-corrected chi connectivity index (χ4v) is 2.57. The van der Waals surface area contributed by atoms with Crippen LogP contribution in [0.4, 0.5) is 0 Å². The van der Waals surface area contributed by atoms with Crippen LogP contribution in [-0.4, -0.2) is 28.2 Å². The van der Waals surface area contributed by atoms with Crippen molar-refractivity contribution in [3.05, 3.63) is 21.8 Å². The van der Waals surface area contributed by atoms with Crippen LogP contribution in [0.2, 0.25) is 0 Å². The summed E-state index contributed by atoms with van der Waals surface area (Å²) in [6.45, 7) is 1.63. The lowest BCUT2D eigenvalue weighted by Crippen LogP contribution is -2.22. The van der Waals surface area contributed by atoms with Gasteiger partial charge in [0.15, 0.2) is 0 Å². The van der Waals surface area contributed by atoms with Gasteiger partial charge < -0.3 is 4.74 Å². The van der Waals surface area contributed by atoms with Gasteiger partial charge in [-0.05, 0) is 53.6 Å². The third-order valence-electron chi connectivity index (χ3n) is 2.92. The first-order valence-electron chi connectivity index (χ1n) is 5.43. The molecule has 1 atom stereocenters. The van der Waals surface area contributed by atoms with E-state index in [1.165, 1.54) is 3.57 Å². The molecule has 2 heterocycles. The van der Waals surface area contributed by atoms with Gasteiger partial charge >= 0.3 is 0 Å². The molecule has 1 unspecified atom stereocenters. The summed E-state index contributed by atoms with van der Waals surface area (Å²) in [6.07, 6.45) is 2.24. The first-order valence-corrected chi connectivity index (χ1v) is 6.51. The van der Waals surface area contributed by atoms with E-state index in [1.807, 2.05) is 10.7 Å². The van der Waals surface area contributed by atoms with E-state index in [-0.39, 0.29) is 0 Å². The summed E-state index contributed by atoms with van der Waals surface area (Å²) in [4.78, 5) is 0. The van der Waals surface area contributed by atoms with E-state index in [0.717, 1.165) is 37.1 Å². The highest BCUT2D eigenvalue weighted by molar-refractivity contribution is 14.1. The Morgan fingerprint density at radius 1 is 1.44 bits per heavy atom. The molecule has 0 N–H and O–H groups in total. The predicted octanol–water partition coefficient (Wildman–Crippen LogP) is 2.39. The standard InChI is InChI=1S/C11H12IN3O/c12-8-3-4-10-11(6-8)15(14-13-10)9-2-1-5-16-7-9/h3-4,6,9H,1-2,5,7H2. The van der Waals surface area contributed by atoms with Gasteiger partial charge in [0.2, 0.25) is 0 Å². The summed E-state index contributed by atoms with van der Waals surface area (Å²) in [5.74, 6) is 0. The Labute approximate surface area is 107 Å². The molecule has 1 aliphatic heterocycles. The molecule has 3 rings (SSSR count). The van der Waals surface area contributed by atoms with Crippen LogP contribution >= 0.6 is 22.6 Å². The normalized spacial score (nSPS) is 21.4. The van der Waals surface area contributed by atoms with Crippen LogP contribution in [0.15, 0.2) is 18.2 Å². The molecule has 4 nitrogen and oxygen atoms in total. The lowest BCUT2D eigenvalue weighted by atomic mass is 10.1. The molecule has 0 saturated carbocycles. The highest BCUT2D eigenvalue weighted by Crippen LogP contribution is 2.23. The number of ether oxygens (including phenoxy) is 1. The number of hydrogen-bond donors (Lipinski definition) is 0. The monoisotopic (exact) mass is 329 g/mol. The van der Waals surface area contributed by atoms with E-state index < -0.39 is 0 Å². The van der Waals surface area contributed by atoms with Crippen LogP contribution in [0.1, 0.15) is 18.9 Å². The zero-order chi connectivity index (χ0) is 11.0. The molecule has 84 valence electrons. The number of aromatic nitrogens is 3. The minimum absolute atomic E-state index is 0.344. The Morgan fingerprint density at radius 3 is 3.19 bits per heavy atom. The maximum absolute atomic E-state index is 5.49. The Kier molecular flexibility index (Phi) is 2.81. The highest BCUT2D eigenvalue weighted by atomic mass is 127. The molecule has 0 aliphatic carbocycles. The second-order valence-electron chi connectivity index (χ2n) is 4.04. The zero-order valence-electron chi connectivity index (χ0n) is 8.77. The van der Waals surface area contributed by atoms with Crippen molar-refractivity contribution in [1.82, 2.24) is 15.0 Å². The Hall–Kier alpha value is -0.690. The van der Waals surface area contributed by atoms with Gasteiger partial charge in [0, 0.05) is 10.2 Å². The average molecular weight is 329 g/mol. The molecule has 5 heteroatoms. The number of halogens is 1. The molecule has 0 bridgehead atoms. The van der Waals surface area contributed by atoms with Gasteiger partial charge in [0.05, 0.1) is 18.2 Å². The third kappa shape index (κ3) is 1.82. The van der Waals surface area contributed by atoms with Crippen molar-refractivity contribution < 1.29 is 4.74 Å². The van der Waals surface area contributed by atoms with Gasteiger partial charge in [-0.3, -0.25) is 0 Å². The lowest BCUT2D eigenvalue weighted by molar-refractivity contribution is 0.0558. The Balaban J connectivity index is 2.05. The summed E-state index contributed by atoms with van der Waals surface area (Å²) < 4.78 is 8.72. The van der Waals surface area contributed by atoms with E-state index in [0.29, 0.717) is 6.04 Å². The molecule has 1 aliphatic rings. The van der Waals surface area contributed by atoms with Gasteiger partial charge in [0.25, 0.3) is 0 Å². The van der Waals surface area contributed by atoms with Gasteiger partial charge in [-0.1, -0.05) is 5.21 Å². The van der Waals surface area contributed by atoms with Crippen LogP contribution in [0, 0.1) is 3.57 Å². The van der Waals surface area contributed by atoms with E-state index in [9.17, 15) is 0 Å². The predicted molar refractivity (Wildman–Crippen MR) is 69.3 cm³/mol. The first kappa shape index (κ1) is 10.5. The largest absolute Gasteiger partial charge is 0.379 e. The fourth-order valence-electron chi connectivity index (χ4n) is 2.10. The van der Waals surface area contributed by atoms with Crippen molar-refractivity contribution >= 4 is 33.6 Å². The second-order valence-corrected chi connectivity index (χ2v) is 5.28. The molecular weight excluding hydrogens is 317 g/mol. The van der Waals surface area contributed by atoms with Crippen molar-refractivity contribution in [2.24, 2.45) is 0 Å². The van der Waals surface area contributed by atoms with Gasteiger partial charge in [-0.15, -0.1) is 5.10 Å². The number of hydrogen-bond acceptors (Lipinski definition) is 3. The zero-order valence-corrected chi connectivity index (χ0v) is 10.9. The summed E-state index contributed by atoms with van der Waals surface area (Å²) in [5.41, 5.74) is 2.08. The van der Waals surface area contributed by atoms with E-state index in [4.69, 9.17) is 4.74 Å². The van der Waals surface area contributed by atoms with Crippen LogP contribution in [0.25, 0.3) is 11.0 Å². The maximum atomic E-state index is 5.49.